The highest BCUT2D eigenvalue weighted by atomic mass is 16.5. The molecule has 1 N–H and O–H groups in total. The van der Waals surface area contributed by atoms with E-state index in [4.69, 9.17) is 9.47 Å². The van der Waals surface area contributed by atoms with E-state index < -0.39 is 29.6 Å². The topological polar surface area (TPSA) is 84.9 Å². The van der Waals surface area contributed by atoms with Crippen molar-refractivity contribution in [1.29, 1.82) is 0 Å². The number of amides is 3. The van der Waals surface area contributed by atoms with Gasteiger partial charge < -0.3 is 9.47 Å². The molecule has 7 heteroatoms. The fraction of sp³-hybridized carbons (Fsp3) is 0.353. The second-order valence-electron chi connectivity index (χ2n) is 5.91. The van der Waals surface area contributed by atoms with Gasteiger partial charge in [-0.2, -0.15) is 5.01 Å². The number of imide groups is 1. The molecule has 24 heavy (non-hydrogen) atoms. The molecule has 2 bridgehead atoms. The lowest BCUT2D eigenvalue weighted by Crippen LogP contribution is -2.47. The van der Waals surface area contributed by atoms with Crippen molar-refractivity contribution in [2.75, 3.05) is 6.61 Å². The molecule has 7 nitrogen and oxygen atoms in total. The first kappa shape index (κ1) is 14.9. The van der Waals surface area contributed by atoms with Crippen molar-refractivity contribution in [2.45, 2.75) is 19.1 Å². The maximum Gasteiger partial charge on any atom is 0.270 e. The van der Waals surface area contributed by atoms with E-state index in [0.717, 1.165) is 5.01 Å². The van der Waals surface area contributed by atoms with Crippen molar-refractivity contribution in [3.8, 4) is 5.75 Å². The second-order valence-corrected chi connectivity index (χ2v) is 5.91. The smallest absolute Gasteiger partial charge is 0.270 e. The zero-order valence-corrected chi connectivity index (χ0v) is 13.0. The monoisotopic (exact) mass is 328 g/mol. The Morgan fingerprint density at radius 1 is 1.12 bits per heavy atom. The summed E-state index contributed by atoms with van der Waals surface area (Å²) in [6.45, 7) is 2.40. The van der Waals surface area contributed by atoms with Crippen LogP contribution in [0.25, 0.3) is 0 Å². The van der Waals surface area contributed by atoms with Gasteiger partial charge in [-0.3, -0.25) is 19.8 Å². The molecule has 3 aliphatic rings. The van der Waals surface area contributed by atoms with Gasteiger partial charge in [0.15, 0.2) is 0 Å². The zero-order chi connectivity index (χ0) is 16.8. The van der Waals surface area contributed by atoms with Crippen LogP contribution in [0.1, 0.15) is 17.3 Å². The van der Waals surface area contributed by atoms with Crippen molar-refractivity contribution < 1.29 is 23.9 Å². The number of nitrogens with one attached hydrogen (secondary N) is 1. The highest BCUT2D eigenvalue weighted by molar-refractivity contribution is 6.09. The lowest BCUT2D eigenvalue weighted by Gasteiger charge is -2.18. The molecule has 4 rings (SSSR count). The van der Waals surface area contributed by atoms with Crippen molar-refractivity contribution in [3.63, 3.8) is 0 Å². The van der Waals surface area contributed by atoms with E-state index in [0.29, 0.717) is 17.9 Å². The molecular formula is C17H16N2O5. The van der Waals surface area contributed by atoms with Gasteiger partial charge in [0.05, 0.1) is 30.7 Å². The van der Waals surface area contributed by atoms with Gasteiger partial charge in [-0.1, -0.05) is 12.2 Å². The minimum atomic E-state index is -0.534. The Labute approximate surface area is 138 Å². The van der Waals surface area contributed by atoms with Gasteiger partial charge in [0.1, 0.15) is 5.75 Å². The highest BCUT2D eigenvalue weighted by Crippen LogP contribution is 2.44. The first-order chi connectivity index (χ1) is 11.6. The summed E-state index contributed by atoms with van der Waals surface area (Å²) in [5.41, 5.74) is 2.76. The number of rotatable bonds is 4. The number of carbonyl (C=O) groups is 3. The summed E-state index contributed by atoms with van der Waals surface area (Å²) in [6, 6.07) is 6.50. The molecule has 3 aliphatic heterocycles. The van der Waals surface area contributed by atoms with Crippen molar-refractivity contribution in [2.24, 2.45) is 11.8 Å². The number of hydrazine groups is 1. The minimum absolute atomic E-state index is 0.341. The molecule has 1 aromatic carbocycles. The molecule has 0 aromatic heterocycles. The third-order valence-electron chi connectivity index (χ3n) is 4.55. The molecule has 2 saturated heterocycles. The lowest BCUT2D eigenvalue weighted by molar-refractivity contribution is -0.145. The van der Waals surface area contributed by atoms with Crippen LogP contribution in [0.15, 0.2) is 36.4 Å². The largest absolute Gasteiger partial charge is 0.494 e. The molecule has 0 spiro atoms. The number of benzene rings is 1. The lowest BCUT2D eigenvalue weighted by atomic mass is 9.85. The third kappa shape index (κ3) is 2.12. The molecule has 0 saturated carbocycles. The van der Waals surface area contributed by atoms with Crippen LogP contribution < -0.4 is 10.2 Å². The fourth-order valence-corrected chi connectivity index (χ4v) is 3.45. The van der Waals surface area contributed by atoms with Crippen LogP contribution in [0, 0.1) is 11.8 Å². The molecule has 3 heterocycles. The first-order valence-electron chi connectivity index (χ1n) is 7.85. The number of carbonyl (C=O) groups excluding carboxylic acids is 3. The SMILES string of the molecule is CCOc1ccc(C(=O)NN2C(=O)[C@@H]3[C@H](C2=O)[C@@H]2C=C[C@H]3O2)cc1. The molecule has 3 amide bonds. The molecule has 124 valence electrons. The minimum Gasteiger partial charge on any atom is -0.494 e. The van der Waals surface area contributed by atoms with E-state index in [9.17, 15) is 14.4 Å². The van der Waals surface area contributed by atoms with Crippen LogP contribution in [0.3, 0.4) is 0 Å². The second kappa shape index (κ2) is 5.45. The summed E-state index contributed by atoms with van der Waals surface area (Å²) in [5.74, 6) is -1.76. The van der Waals surface area contributed by atoms with Gasteiger partial charge in [-0.15, -0.1) is 0 Å². The van der Waals surface area contributed by atoms with E-state index in [-0.39, 0.29) is 12.2 Å². The average molecular weight is 328 g/mol. The maximum absolute atomic E-state index is 12.4. The van der Waals surface area contributed by atoms with Crippen LogP contribution in [-0.2, 0) is 14.3 Å². The number of hydrogen-bond donors (Lipinski definition) is 1. The molecule has 0 radical (unpaired) electrons. The Hall–Kier alpha value is -2.67. The van der Waals surface area contributed by atoms with Crippen molar-refractivity contribution in [1.82, 2.24) is 10.4 Å². The summed E-state index contributed by atoms with van der Waals surface area (Å²) in [5, 5.41) is 0.837. The van der Waals surface area contributed by atoms with Crippen LogP contribution in [-0.4, -0.2) is 41.5 Å². The normalized spacial score (nSPS) is 30.0. The maximum atomic E-state index is 12.4. The standard InChI is InChI=1S/C17H16N2O5/c1-2-23-10-5-3-9(4-6-10)15(20)18-19-16(21)13-11-7-8-12(24-11)14(13)17(19)22/h3-8,11-14H,2H2,1H3,(H,18,20)/t11-,12+,13+,14-. The number of fused-ring (bicyclic) bond motifs is 5. The molecule has 2 fully saturated rings. The van der Waals surface area contributed by atoms with Gasteiger partial charge >= 0.3 is 0 Å². The quantitative estimate of drug-likeness (QED) is 0.649. The van der Waals surface area contributed by atoms with Gasteiger partial charge in [-0.05, 0) is 31.2 Å². The summed E-state index contributed by atoms with van der Waals surface area (Å²) in [7, 11) is 0. The van der Waals surface area contributed by atoms with E-state index in [1.165, 1.54) is 0 Å². The third-order valence-corrected chi connectivity index (χ3v) is 4.55. The molecule has 0 unspecified atom stereocenters. The van der Waals surface area contributed by atoms with Crippen molar-refractivity contribution >= 4 is 17.7 Å². The number of hydrogen-bond acceptors (Lipinski definition) is 5. The van der Waals surface area contributed by atoms with Gasteiger partial charge in [0.2, 0.25) is 0 Å². The van der Waals surface area contributed by atoms with Gasteiger partial charge in [0, 0.05) is 5.56 Å². The van der Waals surface area contributed by atoms with Gasteiger partial charge in [0.25, 0.3) is 17.7 Å². The number of nitrogens with zero attached hydrogens (tertiary/aromatic N) is 1. The van der Waals surface area contributed by atoms with Crippen molar-refractivity contribution in [3.05, 3.63) is 42.0 Å². The Balaban J connectivity index is 1.48. The van der Waals surface area contributed by atoms with E-state index >= 15 is 0 Å². The highest BCUT2D eigenvalue weighted by Gasteiger charge is 2.61. The van der Waals surface area contributed by atoms with Crippen LogP contribution in [0.4, 0.5) is 0 Å². The molecule has 1 aromatic rings. The summed E-state index contributed by atoms with van der Waals surface area (Å²) in [6.07, 6.45) is 2.86. The van der Waals surface area contributed by atoms with E-state index in [1.807, 2.05) is 6.92 Å². The first-order valence-corrected chi connectivity index (χ1v) is 7.85. The Morgan fingerprint density at radius 3 is 2.25 bits per heavy atom. The molecular weight excluding hydrogens is 312 g/mol. The van der Waals surface area contributed by atoms with Crippen LogP contribution >= 0.6 is 0 Å². The predicted molar refractivity (Wildman–Crippen MR) is 81.7 cm³/mol. The Bertz CT molecular complexity index is 712. The summed E-state index contributed by atoms with van der Waals surface area (Å²) >= 11 is 0. The van der Waals surface area contributed by atoms with E-state index in [1.54, 1.807) is 36.4 Å². The average Bonchev–Trinajstić information content (AvgIpc) is 3.26. The zero-order valence-electron chi connectivity index (χ0n) is 13.0. The molecule has 0 aliphatic carbocycles. The summed E-state index contributed by atoms with van der Waals surface area (Å²) < 4.78 is 10.9. The van der Waals surface area contributed by atoms with E-state index in [2.05, 4.69) is 5.43 Å². The summed E-state index contributed by atoms with van der Waals surface area (Å²) in [4.78, 5) is 37.2. The van der Waals surface area contributed by atoms with Crippen LogP contribution in [0.2, 0.25) is 0 Å². The van der Waals surface area contributed by atoms with Gasteiger partial charge in [-0.25, -0.2) is 0 Å². The Kier molecular flexibility index (Phi) is 3.38. The fourth-order valence-electron chi connectivity index (χ4n) is 3.45. The Morgan fingerprint density at radius 2 is 1.71 bits per heavy atom. The number of ether oxygens (including phenoxy) is 2. The predicted octanol–water partition coefficient (Wildman–Crippen LogP) is 0.668. The van der Waals surface area contributed by atoms with Crippen LogP contribution in [0.5, 0.6) is 5.75 Å². The molecule has 4 atom stereocenters.